The second kappa shape index (κ2) is 8.46. The lowest BCUT2D eigenvalue weighted by Gasteiger charge is -2.24. The fraction of sp³-hybridized carbons (Fsp3) is 0.444. The first-order valence-electron chi connectivity index (χ1n) is 12.5. The number of fused-ring (bicyclic) bond motifs is 3. The van der Waals surface area contributed by atoms with E-state index in [9.17, 15) is 0 Å². The molecule has 0 amide bonds. The molecular weight excluding hydrogens is 440 g/mol. The highest BCUT2D eigenvalue weighted by molar-refractivity contribution is 5.86. The second-order valence-electron chi connectivity index (χ2n) is 10.3. The first kappa shape index (κ1) is 22.2. The van der Waals surface area contributed by atoms with Gasteiger partial charge in [0.05, 0.1) is 23.0 Å². The van der Waals surface area contributed by atoms with Gasteiger partial charge < -0.3 is 25.5 Å². The zero-order valence-corrected chi connectivity index (χ0v) is 20.2. The van der Waals surface area contributed by atoms with Crippen molar-refractivity contribution in [3.8, 4) is 0 Å². The highest BCUT2D eigenvalue weighted by Crippen LogP contribution is 2.49. The minimum atomic E-state index is -0.586. The smallest absolute Gasteiger partial charge is 0.163 e. The minimum Gasteiger partial charge on any atom is -0.384 e. The van der Waals surface area contributed by atoms with Crippen LogP contribution in [0.5, 0.6) is 0 Å². The van der Waals surface area contributed by atoms with Gasteiger partial charge >= 0.3 is 0 Å². The summed E-state index contributed by atoms with van der Waals surface area (Å²) >= 11 is 0. The highest BCUT2D eigenvalue weighted by Gasteiger charge is 2.54. The van der Waals surface area contributed by atoms with E-state index < -0.39 is 5.79 Å². The van der Waals surface area contributed by atoms with Crippen LogP contribution in [0.3, 0.4) is 0 Å². The van der Waals surface area contributed by atoms with Crippen molar-refractivity contribution in [2.45, 2.75) is 70.0 Å². The average molecular weight is 473 g/mol. The monoisotopic (exact) mass is 472 g/mol. The van der Waals surface area contributed by atoms with Gasteiger partial charge in [-0.2, -0.15) is 0 Å². The van der Waals surface area contributed by atoms with Crippen molar-refractivity contribution in [2.24, 2.45) is 5.92 Å². The van der Waals surface area contributed by atoms with Crippen molar-refractivity contribution in [3.63, 3.8) is 0 Å². The number of para-hydroxylation sites is 1. The molecular formula is C27H32N6O2. The number of pyridine rings is 1. The van der Waals surface area contributed by atoms with E-state index in [0.717, 1.165) is 54.0 Å². The van der Waals surface area contributed by atoms with Gasteiger partial charge in [-0.1, -0.05) is 24.6 Å². The largest absolute Gasteiger partial charge is 0.384 e. The molecule has 4 N–H and O–H groups in total. The Bertz CT molecular complexity index is 1380. The van der Waals surface area contributed by atoms with Crippen LogP contribution in [0.25, 0.3) is 21.9 Å². The van der Waals surface area contributed by atoms with E-state index in [1.54, 1.807) is 0 Å². The Morgan fingerprint density at radius 3 is 2.77 bits per heavy atom. The van der Waals surface area contributed by atoms with Crippen LogP contribution >= 0.6 is 0 Å². The van der Waals surface area contributed by atoms with E-state index in [0.29, 0.717) is 17.6 Å². The predicted molar refractivity (Wildman–Crippen MR) is 137 cm³/mol. The van der Waals surface area contributed by atoms with E-state index in [4.69, 9.17) is 20.9 Å². The number of ether oxygens (including phenoxy) is 2. The molecule has 1 aliphatic carbocycles. The van der Waals surface area contributed by atoms with Gasteiger partial charge in [0.1, 0.15) is 29.7 Å². The average Bonchev–Trinajstić information content (AvgIpc) is 3.48. The van der Waals surface area contributed by atoms with Crippen LogP contribution in [0.1, 0.15) is 51.1 Å². The molecule has 1 aromatic carbocycles. The Kier molecular flexibility index (Phi) is 5.38. The molecule has 2 aliphatic rings. The first-order valence-corrected chi connectivity index (χ1v) is 12.5. The van der Waals surface area contributed by atoms with Crippen molar-refractivity contribution in [1.29, 1.82) is 0 Å². The summed E-state index contributed by atoms with van der Waals surface area (Å²) in [5, 5.41) is 2.02. The fourth-order valence-corrected chi connectivity index (χ4v) is 6.02. The number of nitrogens with zero attached hydrogens (tertiary/aromatic N) is 4. The van der Waals surface area contributed by atoms with Crippen LogP contribution in [0.2, 0.25) is 0 Å². The Morgan fingerprint density at radius 1 is 1.03 bits per heavy atom. The van der Waals surface area contributed by atoms with Gasteiger partial charge in [-0.05, 0) is 69.2 Å². The van der Waals surface area contributed by atoms with Crippen molar-refractivity contribution in [3.05, 3.63) is 54.5 Å². The van der Waals surface area contributed by atoms with E-state index in [1.165, 1.54) is 11.9 Å². The minimum absolute atomic E-state index is 0.00738. The molecule has 1 saturated carbocycles. The summed E-state index contributed by atoms with van der Waals surface area (Å²) in [4.78, 5) is 13.2. The third kappa shape index (κ3) is 4.00. The summed E-state index contributed by atoms with van der Waals surface area (Å²) in [6, 6.07) is 12.4. The number of unbranched alkanes of at least 4 members (excludes halogenated alkanes) is 1. The molecule has 4 heterocycles. The predicted octanol–water partition coefficient (Wildman–Crippen LogP) is 4.64. The maximum Gasteiger partial charge on any atom is 0.163 e. The van der Waals surface area contributed by atoms with Gasteiger partial charge in [0, 0.05) is 11.6 Å². The molecule has 35 heavy (non-hydrogen) atoms. The molecule has 1 saturated heterocycles. The van der Waals surface area contributed by atoms with E-state index in [2.05, 4.69) is 43.9 Å². The molecule has 3 aromatic heterocycles. The third-order valence-electron chi connectivity index (χ3n) is 7.55. The van der Waals surface area contributed by atoms with E-state index >= 15 is 0 Å². The van der Waals surface area contributed by atoms with Crippen LogP contribution in [-0.2, 0) is 15.9 Å². The topological polar surface area (TPSA) is 114 Å². The number of hydrogen-bond acceptors (Lipinski definition) is 7. The van der Waals surface area contributed by atoms with Crippen molar-refractivity contribution in [1.82, 2.24) is 19.5 Å². The molecule has 0 unspecified atom stereocenters. The maximum atomic E-state index is 6.42. The van der Waals surface area contributed by atoms with Gasteiger partial charge in [0.15, 0.2) is 5.79 Å². The van der Waals surface area contributed by atoms with Gasteiger partial charge in [0.2, 0.25) is 0 Å². The van der Waals surface area contributed by atoms with Crippen molar-refractivity contribution < 1.29 is 9.47 Å². The molecule has 182 valence electrons. The molecule has 6 rings (SSSR count). The molecule has 0 spiro atoms. The molecule has 4 aromatic rings. The zero-order chi connectivity index (χ0) is 24.2. The fourth-order valence-electron chi connectivity index (χ4n) is 6.02. The SMILES string of the molecule is CC1(C)O[C@@H]2[C@@H](CCCCc3cccc4ccc(N)nc34)C[C@@H](n3ccc4c(N)ncnc43)[C@@H]2O1. The lowest BCUT2D eigenvalue weighted by atomic mass is 9.95. The summed E-state index contributed by atoms with van der Waals surface area (Å²) in [5.74, 6) is 0.911. The molecule has 8 heteroatoms. The lowest BCUT2D eigenvalue weighted by Crippen LogP contribution is -2.27. The second-order valence-corrected chi connectivity index (χ2v) is 10.3. The normalized spacial score (nSPS) is 25.4. The van der Waals surface area contributed by atoms with Gasteiger partial charge in [-0.25, -0.2) is 15.0 Å². The zero-order valence-electron chi connectivity index (χ0n) is 20.2. The number of nitrogens with two attached hydrogens (primary N) is 2. The van der Waals surface area contributed by atoms with Crippen LogP contribution in [0, 0.1) is 5.92 Å². The standard InChI is InChI=1S/C27H32N6O2/c1-27(2)34-23-18(7-4-3-6-16-8-5-9-17-10-11-21(28)32-22(16)17)14-20(24(23)35-27)33-13-12-19-25(29)30-15-31-26(19)33/h5,8-13,15,18,20,23-24H,3-4,6-7,14H2,1-2H3,(H2,28,32)(H2,29,30,31)/t18-,20+,23+,24-/m0/s1. The number of aromatic nitrogens is 4. The summed E-state index contributed by atoms with van der Waals surface area (Å²) in [6.45, 7) is 4.01. The van der Waals surface area contributed by atoms with Crippen LogP contribution in [-0.4, -0.2) is 37.5 Å². The molecule has 0 radical (unpaired) electrons. The Labute approximate surface area is 204 Å². The first-order chi connectivity index (χ1) is 16.9. The molecule has 4 atom stereocenters. The van der Waals surface area contributed by atoms with E-state index in [1.807, 2.05) is 32.0 Å². The Morgan fingerprint density at radius 2 is 1.89 bits per heavy atom. The maximum absolute atomic E-state index is 6.42. The Balaban J connectivity index is 1.17. The summed E-state index contributed by atoms with van der Waals surface area (Å²) in [7, 11) is 0. The molecule has 1 aliphatic heterocycles. The molecule has 8 nitrogen and oxygen atoms in total. The quantitative estimate of drug-likeness (QED) is 0.393. The van der Waals surface area contributed by atoms with Crippen LogP contribution in [0.15, 0.2) is 48.9 Å². The summed E-state index contributed by atoms with van der Waals surface area (Å²) < 4.78 is 15.0. The number of aryl methyl sites for hydroxylation is 1. The third-order valence-corrected chi connectivity index (χ3v) is 7.55. The number of anilines is 2. The van der Waals surface area contributed by atoms with Gasteiger partial charge in [-0.15, -0.1) is 0 Å². The Hall–Kier alpha value is -3.23. The molecule has 2 fully saturated rings. The van der Waals surface area contributed by atoms with Crippen LogP contribution < -0.4 is 11.5 Å². The van der Waals surface area contributed by atoms with Crippen molar-refractivity contribution >= 4 is 33.6 Å². The van der Waals surface area contributed by atoms with E-state index in [-0.39, 0.29) is 18.2 Å². The number of benzene rings is 1. The highest BCUT2D eigenvalue weighted by atomic mass is 16.8. The number of hydrogen-bond donors (Lipinski definition) is 2. The number of nitrogen functional groups attached to an aromatic ring is 2. The lowest BCUT2D eigenvalue weighted by molar-refractivity contribution is -0.160. The number of rotatable bonds is 6. The van der Waals surface area contributed by atoms with Gasteiger partial charge in [-0.3, -0.25) is 0 Å². The van der Waals surface area contributed by atoms with Gasteiger partial charge in [0.25, 0.3) is 0 Å². The van der Waals surface area contributed by atoms with Crippen molar-refractivity contribution in [2.75, 3.05) is 11.5 Å². The molecule has 0 bridgehead atoms. The van der Waals surface area contributed by atoms with Crippen LogP contribution in [0.4, 0.5) is 11.6 Å². The summed E-state index contributed by atoms with van der Waals surface area (Å²) in [6.07, 6.45) is 8.94. The summed E-state index contributed by atoms with van der Waals surface area (Å²) in [5.41, 5.74) is 15.2.